The number of rotatable bonds is 6. The van der Waals surface area contributed by atoms with Crippen LogP contribution in [0.1, 0.15) is 18.6 Å². The van der Waals surface area contributed by atoms with E-state index in [-0.39, 0.29) is 18.4 Å². The summed E-state index contributed by atoms with van der Waals surface area (Å²) in [5.41, 5.74) is -0.416. The standard InChI is InChI=1S/C13H17F2NO2S/c1-8(7-19-2)13(18)16-6-11(17)12-9(14)4-3-5-10(12)15/h3-5,8,11,17H,6-7H2,1-2H3,(H,16,18). The second-order valence-corrected chi connectivity index (χ2v) is 5.16. The molecule has 0 aliphatic heterocycles. The van der Waals surface area contributed by atoms with Crippen LogP contribution in [-0.4, -0.2) is 29.6 Å². The van der Waals surface area contributed by atoms with Gasteiger partial charge in [-0.05, 0) is 18.4 Å². The van der Waals surface area contributed by atoms with Crippen LogP contribution in [0.25, 0.3) is 0 Å². The van der Waals surface area contributed by atoms with Gasteiger partial charge in [0.1, 0.15) is 17.7 Å². The van der Waals surface area contributed by atoms with E-state index in [9.17, 15) is 18.7 Å². The molecule has 0 aromatic heterocycles. The summed E-state index contributed by atoms with van der Waals surface area (Å²) in [6.07, 6.45) is 0.486. The summed E-state index contributed by atoms with van der Waals surface area (Å²) >= 11 is 1.53. The van der Waals surface area contributed by atoms with E-state index in [1.165, 1.54) is 17.8 Å². The normalized spacial score (nSPS) is 13.9. The molecule has 0 saturated carbocycles. The molecule has 0 saturated heterocycles. The number of aliphatic hydroxyl groups is 1. The zero-order valence-electron chi connectivity index (χ0n) is 10.8. The SMILES string of the molecule is CSCC(C)C(=O)NCC(O)c1c(F)cccc1F. The maximum Gasteiger partial charge on any atom is 0.223 e. The van der Waals surface area contributed by atoms with Gasteiger partial charge in [-0.15, -0.1) is 0 Å². The summed E-state index contributed by atoms with van der Waals surface area (Å²) in [5.74, 6) is -1.45. The molecule has 3 nitrogen and oxygen atoms in total. The molecule has 106 valence electrons. The molecule has 6 heteroatoms. The summed E-state index contributed by atoms with van der Waals surface area (Å²) in [6, 6.07) is 3.36. The lowest BCUT2D eigenvalue weighted by Crippen LogP contribution is -2.34. The van der Waals surface area contributed by atoms with Gasteiger partial charge < -0.3 is 10.4 Å². The van der Waals surface area contributed by atoms with Gasteiger partial charge in [0, 0.05) is 18.2 Å². The summed E-state index contributed by atoms with van der Waals surface area (Å²) in [7, 11) is 0. The Morgan fingerprint density at radius 3 is 2.53 bits per heavy atom. The van der Waals surface area contributed by atoms with Crippen LogP contribution in [0.4, 0.5) is 8.78 Å². The Morgan fingerprint density at radius 1 is 1.42 bits per heavy atom. The number of carbonyl (C=O) groups excluding carboxylic acids is 1. The van der Waals surface area contributed by atoms with Gasteiger partial charge in [-0.2, -0.15) is 11.8 Å². The minimum atomic E-state index is -1.40. The molecule has 1 amide bonds. The minimum Gasteiger partial charge on any atom is -0.386 e. The Morgan fingerprint density at radius 2 is 2.00 bits per heavy atom. The highest BCUT2D eigenvalue weighted by Crippen LogP contribution is 2.20. The van der Waals surface area contributed by atoms with Gasteiger partial charge in [0.15, 0.2) is 0 Å². The Bertz CT molecular complexity index is 422. The van der Waals surface area contributed by atoms with Gasteiger partial charge in [-0.3, -0.25) is 4.79 Å². The molecule has 0 aliphatic carbocycles. The first-order valence-electron chi connectivity index (χ1n) is 5.86. The van der Waals surface area contributed by atoms with Gasteiger partial charge in [-0.25, -0.2) is 8.78 Å². The van der Waals surface area contributed by atoms with E-state index < -0.39 is 23.3 Å². The zero-order valence-corrected chi connectivity index (χ0v) is 11.6. The summed E-state index contributed by atoms with van der Waals surface area (Å²) in [4.78, 5) is 11.6. The molecule has 0 fully saturated rings. The number of halogens is 2. The number of thioether (sulfide) groups is 1. The average molecular weight is 289 g/mol. The van der Waals surface area contributed by atoms with Gasteiger partial charge in [0.05, 0.1) is 5.56 Å². The summed E-state index contributed by atoms with van der Waals surface area (Å²) in [6.45, 7) is 1.54. The molecule has 19 heavy (non-hydrogen) atoms. The second kappa shape index (κ2) is 7.45. The Hall–Kier alpha value is -1.14. The van der Waals surface area contributed by atoms with Crippen LogP contribution in [0.2, 0.25) is 0 Å². The number of aliphatic hydroxyl groups excluding tert-OH is 1. The van der Waals surface area contributed by atoms with E-state index >= 15 is 0 Å². The number of carbonyl (C=O) groups is 1. The lowest BCUT2D eigenvalue weighted by molar-refractivity contribution is -0.124. The monoisotopic (exact) mass is 289 g/mol. The topological polar surface area (TPSA) is 49.3 Å². The third-order valence-corrected chi connectivity index (χ3v) is 3.50. The first-order chi connectivity index (χ1) is 8.97. The number of amides is 1. The Balaban J connectivity index is 2.61. The summed E-state index contributed by atoms with van der Waals surface area (Å²) in [5, 5.41) is 12.2. The molecule has 0 aliphatic rings. The van der Waals surface area contributed by atoms with Crippen molar-refractivity contribution in [2.45, 2.75) is 13.0 Å². The molecule has 1 aromatic carbocycles. The van der Waals surface area contributed by atoms with Crippen molar-refractivity contribution in [3.8, 4) is 0 Å². The zero-order chi connectivity index (χ0) is 14.4. The smallest absolute Gasteiger partial charge is 0.223 e. The van der Waals surface area contributed by atoms with Crippen LogP contribution in [0.3, 0.4) is 0 Å². The molecule has 2 atom stereocenters. The highest BCUT2D eigenvalue weighted by Gasteiger charge is 2.19. The molecule has 2 N–H and O–H groups in total. The van der Waals surface area contributed by atoms with Crippen LogP contribution in [0, 0.1) is 17.6 Å². The largest absolute Gasteiger partial charge is 0.386 e. The highest BCUT2D eigenvalue weighted by molar-refractivity contribution is 7.98. The van der Waals surface area contributed by atoms with E-state index in [0.717, 1.165) is 12.1 Å². The fraction of sp³-hybridized carbons (Fsp3) is 0.462. The van der Waals surface area contributed by atoms with Gasteiger partial charge in [0.2, 0.25) is 5.91 Å². The maximum atomic E-state index is 13.4. The van der Waals surface area contributed by atoms with Crippen molar-refractivity contribution >= 4 is 17.7 Å². The van der Waals surface area contributed by atoms with Gasteiger partial charge in [-0.1, -0.05) is 13.0 Å². The Kier molecular flexibility index (Phi) is 6.24. The molecular formula is C13H17F2NO2S. The van der Waals surface area contributed by atoms with Crippen molar-refractivity contribution in [3.63, 3.8) is 0 Å². The third-order valence-electron chi connectivity index (χ3n) is 2.67. The Labute approximate surface area is 115 Å². The summed E-state index contributed by atoms with van der Waals surface area (Å²) < 4.78 is 26.8. The number of benzene rings is 1. The maximum absolute atomic E-state index is 13.4. The number of hydrogen-bond acceptors (Lipinski definition) is 3. The number of hydrogen-bond donors (Lipinski definition) is 2. The van der Waals surface area contributed by atoms with Crippen molar-refractivity contribution in [1.82, 2.24) is 5.32 Å². The average Bonchev–Trinajstić information content (AvgIpc) is 2.36. The third kappa shape index (κ3) is 4.47. The van der Waals surface area contributed by atoms with Gasteiger partial charge in [0.25, 0.3) is 0 Å². The van der Waals surface area contributed by atoms with Crippen LogP contribution >= 0.6 is 11.8 Å². The minimum absolute atomic E-state index is 0.213. The van der Waals surface area contributed by atoms with Crippen molar-refractivity contribution < 1.29 is 18.7 Å². The van der Waals surface area contributed by atoms with Crippen LogP contribution in [0.15, 0.2) is 18.2 Å². The van der Waals surface area contributed by atoms with E-state index in [1.807, 2.05) is 6.26 Å². The second-order valence-electron chi connectivity index (χ2n) is 4.25. The molecular weight excluding hydrogens is 272 g/mol. The molecule has 2 unspecified atom stereocenters. The molecule has 0 bridgehead atoms. The first kappa shape index (κ1) is 15.9. The van der Waals surface area contributed by atoms with E-state index in [0.29, 0.717) is 5.75 Å². The molecule has 1 rings (SSSR count). The van der Waals surface area contributed by atoms with Crippen molar-refractivity contribution in [2.24, 2.45) is 5.92 Å². The van der Waals surface area contributed by atoms with Gasteiger partial charge >= 0.3 is 0 Å². The lowest BCUT2D eigenvalue weighted by atomic mass is 10.1. The van der Waals surface area contributed by atoms with Crippen molar-refractivity contribution in [3.05, 3.63) is 35.4 Å². The van der Waals surface area contributed by atoms with E-state index in [2.05, 4.69) is 5.32 Å². The van der Waals surface area contributed by atoms with E-state index in [4.69, 9.17) is 0 Å². The molecule has 0 spiro atoms. The predicted octanol–water partition coefficient (Wildman–Crippen LogP) is 2.11. The van der Waals surface area contributed by atoms with E-state index in [1.54, 1.807) is 6.92 Å². The van der Waals surface area contributed by atoms with Crippen LogP contribution < -0.4 is 5.32 Å². The quantitative estimate of drug-likeness (QED) is 0.843. The predicted molar refractivity (Wildman–Crippen MR) is 71.9 cm³/mol. The number of nitrogens with one attached hydrogen (secondary N) is 1. The van der Waals surface area contributed by atoms with Crippen LogP contribution in [0.5, 0.6) is 0 Å². The van der Waals surface area contributed by atoms with Crippen LogP contribution in [-0.2, 0) is 4.79 Å². The fourth-order valence-electron chi connectivity index (χ4n) is 1.63. The van der Waals surface area contributed by atoms with Crippen molar-refractivity contribution in [2.75, 3.05) is 18.6 Å². The highest BCUT2D eigenvalue weighted by atomic mass is 32.2. The van der Waals surface area contributed by atoms with Crippen molar-refractivity contribution in [1.29, 1.82) is 0 Å². The lowest BCUT2D eigenvalue weighted by Gasteiger charge is -2.16. The fourth-order valence-corrected chi connectivity index (χ4v) is 2.28. The molecule has 0 heterocycles. The first-order valence-corrected chi connectivity index (χ1v) is 7.25. The molecule has 1 aromatic rings. The molecule has 0 radical (unpaired) electrons.